The van der Waals surface area contributed by atoms with Gasteiger partial charge in [-0.05, 0) is 42.2 Å². The van der Waals surface area contributed by atoms with Gasteiger partial charge < -0.3 is 20.5 Å². The predicted molar refractivity (Wildman–Crippen MR) is 133 cm³/mol. The van der Waals surface area contributed by atoms with Crippen molar-refractivity contribution in [1.82, 2.24) is 10.3 Å². The van der Waals surface area contributed by atoms with E-state index in [9.17, 15) is 4.79 Å². The molecule has 1 aliphatic heterocycles. The predicted octanol–water partition coefficient (Wildman–Crippen LogP) is 5.13. The molecule has 6 nitrogen and oxygen atoms in total. The lowest BCUT2D eigenvalue weighted by atomic mass is 9.99. The Morgan fingerprint density at radius 2 is 1.97 bits per heavy atom. The topological polar surface area (TPSA) is 86.5 Å². The molecule has 2 aromatic carbocycles. The summed E-state index contributed by atoms with van der Waals surface area (Å²) < 4.78 is 10.9. The summed E-state index contributed by atoms with van der Waals surface area (Å²) in [4.78, 5) is 19.1. The van der Waals surface area contributed by atoms with Crippen LogP contribution in [0.1, 0.15) is 22.5 Å². The van der Waals surface area contributed by atoms with Gasteiger partial charge in [0.05, 0.1) is 24.6 Å². The van der Waals surface area contributed by atoms with Crippen LogP contribution in [0.5, 0.6) is 5.75 Å². The average molecular weight is 460 g/mol. The summed E-state index contributed by atoms with van der Waals surface area (Å²) in [5.74, 6) is 0.591. The van der Waals surface area contributed by atoms with Gasteiger partial charge in [-0.15, -0.1) is 11.3 Å². The minimum absolute atomic E-state index is 0.0715. The molecule has 33 heavy (non-hydrogen) atoms. The number of ether oxygens (including phenoxy) is 2. The summed E-state index contributed by atoms with van der Waals surface area (Å²) in [7, 11) is 1.64. The van der Waals surface area contributed by atoms with Crippen LogP contribution >= 0.6 is 11.3 Å². The Labute approximate surface area is 196 Å². The number of rotatable bonds is 6. The van der Waals surface area contributed by atoms with Crippen molar-refractivity contribution < 1.29 is 14.3 Å². The van der Waals surface area contributed by atoms with Gasteiger partial charge in [0.15, 0.2) is 0 Å². The molecule has 4 aromatic rings. The number of amides is 1. The first-order chi connectivity index (χ1) is 16.1. The molecule has 1 atom stereocenters. The molecule has 168 valence electrons. The number of anilines is 1. The Morgan fingerprint density at radius 1 is 1.18 bits per heavy atom. The van der Waals surface area contributed by atoms with Crippen LogP contribution in [-0.2, 0) is 4.74 Å². The Bertz CT molecular complexity index is 1280. The van der Waals surface area contributed by atoms with Crippen molar-refractivity contribution in [2.75, 3.05) is 26.0 Å². The molecule has 0 radical (unpaired) electrons. The van der Waals surface area contributed by atoms with Crippen molar-refractivity contribution >= 4 is 33.1 Å². The molecule has 1 aliphatic rings. The lowest BCUT2D eigenvalue weighted by molar-refractivity contribution is 0.0862. The maximum Gasteiger partial charge on any atom is 0.263 e. The Hall–Kier alpha value is -3.42. The molecule has 0 bridgehead atoms. The van der Waals surface area contributed by atoms with E-state index in [4.69, 9.17) is 20.2 Å². The van der Waals surface area contributed by atoms with Gasteiger partial charge >= 0.3 is 0 Å². The Morgan fingerprint density at radius 3 is 2.67 bits per heavy atom. The zero-order valence-electron chi connectivity index (χ0n) is 18.3. The molecule has 0 saturated carbocycles. The zero-order chi connectivity index (χ0) is 22.8. The fourth-order valence-electron chi connectivity index (χ4n) is 4.14. The summed E-state index contributed by atoms with van der Waals surface area (Å²) in [6.45, 7) is 1.24. The van der Waals surface area contributed by atoms with Gasteiger partial charge in [0.2, 0.25) is 0 Å². The van der Waals surface area contributed by atoms with Crippen molar-refractivity contribution in [2.24, 2.45) is 0 Å². The minimum atomic E-state index is -0.187. The number of nitrogens with two attached hydrogens (primary N) is 1. The maximum absolute atomic E-state index is 13.0. The van der Waals surface area contributed by atoms with E-state index in [0.29, 0.717) is 17.1 Å². The smallest absolute Gasteiger partial charge is 0.263 e. The molecular weight excluding hydrogens is 434 g/mol. The lowest BCUT2D eigenvalue weighted by Gasteiger charge is -2.11. The average Bonchev–Trinajstić information content (AvgIpc) is 3.50. The largest absolute Gasteiger partial charge is 0.497 e. The number of methoxy groups -OCH3 is 1. The van der Waals surface area contributed by atoms with Gasteiger partial charge in [0, 0.05) is 24.1 Å². The highest BCUT2D eigenvalue weighted by molar-refractivity contribution is 7.21. The SMILES string of the molecule is COc1ccc(-c2cc(-c3ccccc3)nc3sc(C(=O)NC[C@H]4CCCO4)c(N)c23)cc1. The fourth-order valence-corrected chi connectivity index (χ4v) is 5.17. The summed E-state index contributed by atoms with van der Waals surface area (Å²) in [6, 6.07) is 19.9. The van der Waals surface area contributed by atoms with Crippen LogP contribution in [-0.4, -0.2) is 37.3 Å². The van der Waals surface area contributed by atoms with Crippen LogP contribution in [0.3, 0.4) is 0 Å². The number of aromatic nitrogens is 1. The number of hydrogen-bond acceptors (Lipinski definition) is 6. The van der Waals surface area contributed by atoms with Crippen LogP contribution in [0.2, 0.25) is 0 Å². The van der Waals surface area contributed by atoms with Crippen molar-refractivity contribution in [3.8, 4) is 28.1 Å². The van der Waals surface area contributed by atoms with E-state index in [2.05, 4.69) is 5.32 Å². The minimum Gasteiger partial charge on any atom is -0.497 e. The molecule has 7 heteroatoms. The summed E-state index contributed by atoms with van der Waals surface area (Å²) in [5, 5.41) is 3.78. The molecule has 0 unspecified atom stereocenters. The second kappa shape index (κ2) is 9.21. The first-order valence-corrected chi connectivity index (χ1v) is 11.8. The van der Waals surface area contributed by atoms with Gasteiger partial charge in [0.25, 0.3) is 5.91 Å². The first kappa shape index (κ1) is 21.4. The molecule has 3 N–H and O–H groups in total. The van der Waals surface area contributed by atoms with E-state index < -0.39 is 0 Å². The van der Waals surface area contributed by atoms with Crippen molar-refractivity contribution in [3.05, 3.63) is 65.5 Å². The number of pyridine rings is 1. The van der Waals surface area contributed by atoms with Gasteiger partial charge in [-0.25, -0.2) is 4.98 Å². The number of thiophene rings is 1. The highest BCUT2D eigenvalue weighted by Gasteiger charge is 2.23. The first-order valence-electron chi connectivity index (χ1n) is 11.0. The van der Waals surface area contributed by atoms with Crippen LogP contribution < -0.4 is 15.8 Å². The number of fused-ring (bicyclic) bond motifs is 1. The van der Waals surface area contributed by atoms with Crippen molar-refractivity contribution in [2.45, 2.75) is 18.9 Å². The third-order valence-corrected chi connectivity index (χ3v) is 6.99. The number of nitrogen functional groups attached to an aromatic ring is 1. The quantitative estimate of drug-likeness (QED) is 0.417. The molecule has 1 amide bonds. The second-order valence-corrected chi connectivity index (χ2v) is 9.02. The monoisotopic (exact) mass is 459 g/mol. The third-order valence-electron chi connectivity index (χ3n) is 5.89. The van der Waals surface area contributed by atoms with Crippen LogP contribution in [0.25, 0.3) is 32.6 Å². The van der Waals surface area contributed by atoms with Crippen molar-refractivity contribution in [1.29, 1.82) is 0 Å². The van der Waals surface area contributed by atoms with E-state index in [0.717, 1.165) is 57.8 Å². The van der Waals surface area contributed by atoms with E-state index >= 15 is 0 Å². The number of carbonyl (C=O) groups is 1. The molecule has 1 saturated heterocycles. The lowest BCUT2D eigenvalue weighted by Crippen LogP contribution is -2.31. The van der Waals surface area contributed by atoms with Crippen LogP contribution in [0, 0.1) is 0 Å². The normalized spacial score (nSPS) is 15.6. The van der Waals surface area contributed by atoms with E-state index in [-0.39, 0.29) is 12.0 Å². The van der Waals surface area contributed by atoms with Gasteiger partial charge in [-0.3, -0.25) is 4.79 Å². The maximum atomic E-state index is 13.0. The highest BCUT2D eigenvalue weighted by Crippen LogP contribution is 2.41. The molecule has 0 spiro atoms. The number of nitrogens with zero attached hydrogens (tertiary/aromatic N) is 1. The second-order valence-electron chi connectivity index (χ2n) is 8.02. The van der Waals surface area contributed by atoms with E-state index in [1.807, 2.05) is 60.7 Å². The van der Waals surface area contributed by atoms with Crippen LogP contribution in [0.15, 0.2) is 60.7 Å². The van der Waals surface area contributed by atoms with Gasteiger partial charge in [-0.1, -0.05) is 42.5 Å². The van der Waals surface area contributed by atoms with Gasteiger partial charge in [-0.2, -0.15) is 0 Å². The van der Waals surface area contributed by atoms with Crippen molar-refractivity contribution in [3.63, 3.8) is 0 Å². The number of carbonyl (C=O) groups excluding carboxylic acids is 1. The molecule has 1 fully saturated rings. The standard InChI is InChI=1S/C26H25N3O3S/c1-31-18-11-9-16(10-12-18)20-14-21(17-6-3-2-4-7-17)29-26-22(20)23(27)24(33-26)25(30)28-15-19-8-5-13-32-19/h2-4,6-7,9-12,14,19H,5,8,13,15,27H2,1H3,(H,28,30)/t19-/m1/s1. The highest BCUT2D eigenvalue weighted by atomic mass is 32.1. The summed E-state index contributed by atoms with van der Waals surface area (Å²) in [6.07, 6.45) is 2.07. The Kier molecular flexibility index (Phi) is 5.98. The number of benzene rings is 2. The number of nitrogens with one attached hydrogen (secondary N) is 1. The molecule has 5 rings (SSSR count). The zero-order valence-corrected chi connectivity index (χ0v) is 19.2. The van der Waals surface area contributed by atoms with E-state index in [1.54, 1.807) is 7.11 Å². The molecule has 2 aromatic heterocycles. The molecule has 3 heterocycles. The molecular formula is C26H25N3O3S. The van der Waals surface area contributed by atoms with Gasteiger partial charge in [0.1, 0.15) is 15.5 Å². The summed E-state index contributed by atoms with van der Waals surface area (Å²) >= 11 is 1.33. The third kappa shape index (κ3) is 4.29. The Balaban J connectivity index is 1.60. The number of hydrogen-bond donors (Lipinski definition) is 2. The fraction of sp³-hybridized carbons (Fsp3) is 0.231. The van der Waals surface area contributed by atoms with E-state index in [1.165, 1.54) is 11.3 Å². The summed E-state index contributed by atoms with van der Waals surface area (Å²) in [5.41, 5.74) is 10.8. The van der Waals surface area contributed by atoms with Crippen LogP contribution in [0.4, 0.5) is 5.69 Å². The molecule has 0 aliphatic carbocycles.